The molecule has 9 nitrogen and oxygen atoms in total. The number of thiazole rings is 1. The number of aryl methyl sites for hydroxylation is 1. The second kappa shape index (κ2) is 11.6. The van der Waals surface area contributed by atoms with Gasteiger partial charge in [-0.2, -0.15) is 5.10 Å². The van der Waals surface area contributed by atoms with Gasteiger partial charge in [-0.3, -0.25) is 14.3 Å². The minimum absolute atomic E-state index is 0.0446. The molecular formula is C25H29N7O2S. The minimum Gasteiger partial charge on any atom is -0.359 e. The first kappa shape index (κ1) is 24.3. The van der Waals surface area contributed by atoms with E-state index in [2.05, 4.69) is 30.7 Å². The number of carbonyl (C=O) groups is 2. The highest BCUT2D eigenvalue weighted by molar-refractivity contribution is 7.07. The van der Waals surface area contributed by atoms with Crippen LogP contribution >= 0.6 is 11.3 Å². The van der Waals surface area contributed by atoms with Crippen molar-refractivity contribution >= 4 is 23.2 Å². The number of nitrogens with zero attached hydrogens (tertiary/aromatic N) is 4. The Bertz CT molecular complexity index is 1250. The van der Waals surface area contributed by atoms with Crippen LogP contribution in [0.15, 0.2) is 53.6 Å². The summed E-state index contributed by atoms with van der Waals surface area (Å²) in [5, 5.41) is 11.9. The lowest BCUT2D eigenvalue weighted by atomic mass is 10.1. The summed E-state index contributed by atoms with van der Waals surface area (Å²) < 4.78 is 1.78. The van der Waals surface area contributed by atoms with Crippen molar-refractivity contribution in [3.8, 4) is 22.5 Å². The van der Waals surface area contributed by atoms with E-state index in [0.29, 0.717) is 24.4 Å². The Labute approximate surface area is 208 Å². The van der Waals surface area contributed by atoms with Crippen molar-refractivity contribution in [1.82, 2.24) is 35.4 Å². The zero-order valence-corrected chi connectivity index (χ0v) is 20.6. The first-order chi connectivity index (χ1) is 17.0. The van der Waals surface area contributed by atoms with E-state index < -0.39 is 0 Å². The number of nitrogens with one attached hydrogen (secondary N) is 3. The molecule has 0 unspecified atom stereocenters. The fourth-order valence-electron chi connectivity index (χ4n) is 3.82. The molecule has 35 heavy (non-hydrogen) atoms. The second-order valence-electron chi connectivity index (χ2n) is 8.31. The van der Waals surface area contributed by atoms with Crippen molar-refractivity contribution < 1.29 is 9.59 Å². The third-order valence-electron chi connectivity index (χ3n) is 5.78. The summed E-state index contributed by atoms with van der Waals surface area (Å²) in [5.74, 6) is 0.520. The van der Waals surface area contributed by atoms with Crippen molar-refractivity contribution in [2.45, 2.75) is 38.1 Å². The Morgan fingerprint density at radius 1 is 1.09 bits per heavy atom. The average Bonchev–Trinajstić information content (AvgIpc) is 3.65. The number of rotatable bonds is 11. The number of imidazole rings is 1. The minimum atomic E-state index is -0.286. The van der Waals surface area contributed by atoms with Crippen LogP contribution in [0.1, 0.15) is 54.5 Å². The fourth-order valence-corrected chi connectivity index (χ4v) is 4.35. The zero-order valence-electron chi connectivity index (χ0n) is 19.8. The lowest BCUT2D eigenvalue weighted by molar-refractivity contribution is -0.120. The lowest BCUT2D eigenvalue weighted by Gasteiger charge is -2.16. The maximum absolute atomic E-state index is 12.7. The smallest absolute Gasteiger partial charge is 0.271 e. The van der Waals surface area contributed by atoms with Crippen molar-refractivity contribution in [3.63, 3.8) is 0 Å². The van der Waals surface area contributed by atoms with Gasteiger partial charge in [-0.25, -0.2) is 9.97 Å². The predicted octanol–water partition coefficient (Wildman–Crippen LogP) is 4.10. The number of hydrogen-bond donors (Lipinski definition) is 3. The van der Waals surface area contributed by atoms with Crippen LogP contribution in [0.4, 0.5) is 0 Å². The normalized spacial score (nSPS) is 11.8. The van der Waals surface area contributed by atoms with Gasteiger partial charge in [-0.05, 0) is 24.5 Å². The van der Waals surface area contributed by atoms with Crippen LogP contribution in [0.25, 0.3) is 22.5 Å². The van der Waals surface area contributed by atoms with Crippen molar-refractivity contribution in [3.05, 3.63) is 65.1 Å². The van der Waals surface area contributed by atoms with Gasteiger partial charge in [0.15, 0.2) is 0 Å². The standard InChI is InChI=1S/C25H29N7O2S/c1-26-23(33)7-5-3-4-6-20(30-25(34)22-15-35-16-28-22)24-27-14-21(29-24)18-10-8-17(9-11-18)19-12-13-32(2)31-19/h8-16,20H,3-7H2,1-2H3,(H,26,33)(H,27,29)(H,30,34)/t20-/m0/s1. The van der Waals surface area contributed by atoms with Crippen molar-refractivity contribution in [1.29, 1.82) is 0 Å². The molecule has 0 saturated heterocycles. The predicted molar refractivity (Wildman–Crippen MR) is 136 cm³/mol. The van der Waals surface area contributed by atoms with Gasteiger partial charge < -0.3 is 15.6 Å². The molecule has 1 aromatic carbocycles. The van der Waals surface area contributed by atoms with Crippen molar-refractivity contribution in [2.24, 2.45) is 7.05 Å². The van der Waals surface area contributed by atoms with Crippen LogP contribution in [0.3, 0.4) is 0 Å². The van der Waals surface area contributed by atoms with Crippen LogP contribution in [-0.4, -0.2) is 43.6 Å². The van der Waals surface area contributed by atoms with E-state index in [1.54, 1.807) is 28.8 Å². The molecule has 0 spiro atoms. The van der Waals surface area contributed by atoms with E-state index in [-0.39, 0.29) is 17.9 Å². The van der Waals surface area contributed by atoms with E-state index in [1.807, 2.05) is 43.6 Å². The third-order valence-corrected chi connectivity index (χ3v) is 6.36. The first-order valence-corrected chi connectivity index (χ1v) is 12.5. The Morgan fingerprint density at radius 3 is 2.57 bits per heavy atom. The Hall–Kier alpha value is -3.79. The highest BCUT2D eigenvalue weighted by Crippen LogP contribution is 2.25. The molecule has 0 aliphatic rings. The van der Waals surface area contributed by atoms with Gasteiger partial charge in [0.25, 0.3) is 5.91 Å². The number of carbonyl (C=O) groups excluding carboxylic acids is 2. The Kier molecular flexibility index (Phi) is 8.04. The van der Waals surface area contributed by atoms with Crippen molar-refractivity contribution in [2.75, 3.05) is 7.05 Å². The lowest BCUT2D eigenvalue weighted by Crippen LogP contribution is -2.29. The SMILES string of the molecule is CNC(=O)CCCCC[C@H](NC(=O)c1cscn1)c1ncc(-c2ccc(-c3ccn(C)n3)cc2)[nH]1. The molecule has 0 radical (unpaired) electrons. The third kappa shape index (κ3) is 6.42. The molecule has 0 aliphatic heterocycles. The molecule has 1 atom stereocenters. The van der Waals surface area contributed by atoms with Gasteiger partial charge in [0.1, 0.15) is 11.5 Å². The van der Waals surface area contributed by atoms with Crippen LogP contribution in [-0.2, 0) is 11.8 Å². The molecule has 10 heteroatoms. The highest BCUT2D eigenvalue weighted by Gasteiger charge is 2.20. The van der Waals surface area contributed by atoms with E-state index in [9.17, 15) is 9.59 Å². The number of aromatic nitrogens is 5. The molecule has 3 aromatic heterocycles. The average molecular weight is 492 g/mol. The quantitative estimate of drug-likeness (QED) is 0.273. The molecule has 3 N–H and O–H groups in total. The number of aromatic amines is 1. The molecule has 2 amide bonds. The van der Waals surface area contributed by atoms with Gasteiger partial charge in [0.05, 0.1) is 29.1 Å². The summed E-state index contributed by atoms with van der Waals surface area (Å²) in [6.07, 6.45) is 7.47. The fraction of sp³-hybridized carbons (Fsp3) is 0.320. The summed E-state index contributed by atoms with van der Waals surface area (Å²) in [7, 11) is 3.54. The molecular weight excluding hydrogens is 462 g/mol. The topological polar surface area (TPSA) is 118 Å². The van der Waals surface area contributed by atoms with Gasteiger partial charge in [0, 0.05) is 37.7 Å². The van der Waals surface area contributed by atoms with E-state index in [1.165, 1.54) is 11.3 Å². The van der Waals surface area contributed by atoms with Crippen LogP contribution in [0, 0.1) is 0 Å². The molecule has 0 aliphatic carbocycles. The number of hydrogen-bond acceptors (Lipinski definition) is 6. The van der Waals surface area contributed by atoms with Crippen LogP contribution in [0.5, 0.6) is 0 Å². The summed E-state index contributed by atoms with van der Waals surface area (Å²) in [6.45, 7) is 0. The molecule has 4 rings (SSSR count). The van der Waals surface area contributed by atoms with Gasteiger partial charge in [0.2, 0.25) is 5.91 Å². The molecule has 0 saturated carbocycles. The number of benzene rings is 1. The second-order valence-corrected chi connectivity index (χ2v) is 9.03. The van der Waals surface area contributed by atoms with Gasteiger partial charge in [-0.1, -0.05) is 37.1 Å². The van der Waals surface area contributed by atoms with Crippen LogP contribution < -0.4 is 10.6 Å². The Morgan fingerprint density at radius 2 is 1.89 bits per heavy atom. The number of H-pyrrole nitrogens is 1. The molecule has 0 bridgehead atoms. The first-order valence-electron chi connectivity index (χ1n) is 11.6. The molecule has 4 aromatic rings. The van der Waals surface area contributed by atoms with E-state index in [4.69, 9.17) is 0 Å². The summed E-state index contributed by atoms with van der Waals surface area (Å²) in [5.41, 5.74) is 5.88. The van der Waals surface area contributed by atoms with Gasteiger partial charge in [-0.15, -0.1) is 11.3 Å². The maximum atomic E-state index is 12.7. The Balaban J connectivity index is 1.45. The monoisotopic (exact) mass is 491 g/mol. The molecule has 182 valence electrons. The number of amides is 2. The summed E-state index contributed by atoms with van der Waals surface area (Å²) in [6, 6.07) is 9.82. The molecule has 3 heterocycles. The van der Waals surface area contributed by atoms with E-state index >= 15 is 0 Å². The van der Waals surface area contributed by atoms with Crippen LogP contribution in [0.2, 0.25) is 0 Å². The van der Waals surface area contributed by atoms with Gasteiger partial charge >= 0.3 is 0 Å². The highest BCUT2D eigenvalue weighted by atomic mass is 32.1. The largest absolute Gasteiger partial charge is 0.359 e. The zero-order chi connectivity index (χ0) is 24.6. The maximum Gasteiger partial charge on any atom is 0.271 e. The van der Waals surface area contributed by atoms with E-state index in [0.717, 1.165) is 41.8 Å². The summed E-state index contributed by atoms with van der Waals surface area (Å²) in [4.78, 5) is 36.2. The number of unbranched alkanes of at least 4 members (excludes halogenated alkanes) is 2. The molecule has 0 fully saturated rings. The summed E-state index contributed by atoms with van der Waals surface area (Å²) >= 11 is 1.38.